The minimum Gasteiger partial charge on any atom is -0.364 e. The first kappa shape index (κ1) is 12.0. The number of aromatic nitrogens is 2. The number of pyridine rings is 2. The molecule has 0 unspecified atom stereocenters. The van der Waals surface area contributed by atoms with Gasteiger partial charge in [-0.05, 0) is 54.0 Å². The van der Waals surface area contributed by atoms with Gasteiger partial charge >= 0.3 is 0 Å². The number of aryl methyl sites for hydroxylation is 2. The zero-order valence-corrected chi connectivity index (χ0v) is 11.5. The van der Waals surface area contributed by atoms with E-state index in [0.717, 1.165) is 27.4 Å². The summed E-state index contributed by atoms with van der Waals surface area (Å²) < 4.78 is 1.02. The average Bonchev–Trinajstić information content (AvgIpc) is 2.31. The van der Waals surface area contributed by atoms with Crippen molar-refractivity contribution in [2.24, 2.45) is 0 Å². The third-order valence-corrected chi connectivity index (χ3v) is 3.26. The summed E-state index contributed by atoms with van der Waals surface area (Å²) in [5.41, 5.74) is 3.03. The van der Waals surface area contributed by atoms with E-state index in [2.05, 4.69) is 31.2 Å². The molecule has 0 saturated heterocycles. The van der Waals surface area contributed by atoms with Crippen LogP contribution in [-0.4, -0.2) is 9.97 Å². The van der Waals surface area contributed by atoms with Crippen molar-refractivity contribution in [1.82, 2.24) is 9.97 Å². The van der Waals surface area contributed by atoms with E-state index >= 15 is 0 Å². The van der Waals surface area contributed by atoms with E-state index in [1.165, 1.54) is 0 Å². The van der Waals surface area contributed by atoms with Crippen LogP contribution in [0.2, 0.25) is 0 Å². The lowest BCUT2D eigenvalue weighted by Gasteiger charge is -2.07. The monoisotopic (exact) mass is 291 g/mol. The fourth-order valence-electron chi connectivity index (χ4n) is 1.52. The Labute approximate surface area is 109 Å². The van der Waals surface area contributed by atoms with Crippen molar-refractivity contribution in [1.29, 1.82) is 0 Å². The lowest BCUT2D eigenvalue weighted by molar-refractivity contribution is 0.998. The summed E-state index contributed by atoms with van der Waals surface area (Å²) in [5, 5.41) is 3.26. The molecular formula is C13H14BrN3. The third-order valence-electron chi connectivity index (χ3n) is 2.42. The summed E-state index contributed by atoms with van der Waals surface area (Å²) in [4.78, 5) is 8.85. The molecule has 2 rings (SSSR count). The number of hydrogen-bond acceptors (Lipinski definition) is 3. The predicted molar refractivity (Wildman–Crippen MR) is 73.0 cm³/mol. The Morgan fingerprint density at radius 2 is 1.94 bits per heavy atom. The van der Waals surface area contributed by atoms with Gasteiger partial charge in [-0.1, -0.05) is 6.07 Å². The fraction of sp³-hybridized carbons (Fsp3) is 0.231. The second-order valence-electron chi connectivity index (χ2n) is 3.89. The van der Waals surface area contributed by atoms with Crippen LogP contribution in [0.4, 0.5) is 5.82 Å². The van der Waals surface area contributed by atoms with E-state index in [1.54, 1.807) is 0 Å². The molecule has 4 heteroatoms. The lowest BCUT2D eigenvalue weighted by atomic mass is 10.3. The minimum absolute atomic E-state index is 0.690. The first-order valence-electron chi connectivity index (χ1n) is 5.45. The Kier molecular flexibility index (Phi) is 3.74. The highest BCUT2D eigenvalue weighted by Crippen LogP contribution is 2.16. The molecule has 0 aliphatic heterocycles. The molecule has 0 aliphatic rings. The molecule has 0 saturated carbocycles. The van der Waals surface area contributed by atoms with Gasteiger partial charge in [0.25, 0.3) is 0 Å². The Balaban J connectivity index is 2.05. The van der Waals surface area contributed by atoms with Crippen molar-refractivity contribution >= 4 is 21.7 Å². The van der Waals surface area contributed by atoms with Crippen LogP contribution in [0.15, 0.2) is 34.8 Å². The summed E-state index contributed by atoms with van der Waals surface area (Å²) >= 11 is 3.43. The molecule has 1 N–H and O–H groups in total. The smallest absolute Gasteiger partial charge is 0.126 e. The number of hydrogen-bond donors (Lipinski definition) is 1. The van der Waals surface area contributed by atoms with Crippen LogP contribution in [0.25, 0.3) is 0 Å². The van der Waals surface area contributed by atoms with Gasteiger partial charge in [0.15, 0.2) is 0 Å². The summed E-state index contributed by atoms with van der Waals surface area (Å²) in [6, 6.07) is 9.96. The van der Waals surface area contributed by atoms with Gasteiger partial charge in [-0.3, -0.25) is 4.98 Å². The van der Waals surface area contributed by atoms with Gasteiger partial charge in [-0.2, -0.15) is 0 Å². The van der Waals surface area contributed by atoms with Crippen LogP contribution in [0.5, 0.6) is 0 Å². The molecule has 0 bridgehead atoms. The van der Waals surface area contributed by atoms with Gasteiger partial charge in [-0.15, -0.1) is 0 Å². The van der Waals surface area contributed by atoms with Gasteiger partial charge < -0.3 is 5.32 Å². The molecule has 0 amide bonds. The zero-order valence-electron chi connectivity index (χ0n) is 9.87. The van der Waals surface area contributed by atoms with Gasteiger partial charge in [-0.25, -0.2) is 4.98 Å². The quantitative estimate of drug-likeness (QED) is 0.941. The maximum Gasteiger partial charge on any atom is 0.126 e. The highest BCUT2D eigenvalue weighted by molar-refractivity contribution is 9.10. The minimum atomic E-state index is 0.690. The van der Waals surface area contributed by atoms with E-state index in [0.29, 0.717) is 6.54 Å². The van der Waals surface area contributed by atoms with Crippen LogP contribution < -0.4 is 5.32 Å². The highest BCUT2D eigenvalue weighted by atomic mass is 79.9. The van der Waals surface area contributed by atoms with Crippen molar-refractivity contribution in [3.63, 3.8) is 0 Å². The second-order valence-corrected chi connectivity index (χ2v) is 4.74. The molecule has 0 atom stereocenters. The van der Waals surface area contributed by atoms with Crippen molar-refractivity contribution in [2.75, 3.05) is 5.32 Å². The molecule has 0 aliphatic carbocycles. The lowest BCUT2D eigenvalue weighted by Crippen LogP contribution is -2.04. The molecular weight excluding hydrogens is 278 g/mol. The van der Waals surface area contributed by atoms with Crippen molar-refractivity contribution in [2.45, 2.75) is 20.4 Å². The maximum atomic E-state index is 4.43. The van der Waals surface area contributed by atoms with Gasteiger partial charge in [0, 0.05) is 10.2 Å². The van der Waals surface area contributed by atoms with Gasteiger partial charge in [0.1, 0.15) is 5.82 Å². The molecule has 17 heavy (non-hydrogen) atoms. The molecule has 3 nitrogen and oxygen atoms in total. The SMILES string of the molecule is Cc1cccc(CNc2ccc(Br)c(C)n2)n1. The largest absolute Gasteiger partial charge is 0.364 e. The highest BCUT2D eigenvalue weighted by Gasteiger charge is 1.99. The van der Waals surface area contributed by atoms with Crippen LogP contribution >= 0.6 is 15.9 Å². The van der Waals surface area contributed by atoms with Crippen molar-refractivity contribution < 1.29 is 0 Å². The van der Waals surface area contributed by atoms with E-state index in [9.17, 15) is 0 Å². The van der Waals surface area contributed by atoms with Crippen LogP contribution in [0.1, 0.15) is 17.1 Å². The topological polar surface area (TPSA) is 37.8 Å². The van der Waals surface area contributed by atoms with E-state index in [4.69, 9.17) is 0 Å². The van der Waals surface area contributed by atoms with E-state index in [-0.39, 0.29) is 0 Å². The number of nitrogens with zero attached hydrogens (tertiary/aromatic N) is 2. The fourth-order valence-corrected chi connectivity index (χ4v) is 1.74. The zero-order chi connectivity index (χ0) is 12.3. The van der Waals surface area contributed by atoms with Gasteiger partial charge in [0.05, 0.1) is 17.9 Å². The van der Waals surface area contributed by atoms with Crippen molar-refractivity contribution in [3.8, 4) is 0 Å². The Morgan fingerprint density at radius 3 is 2.65 bits per heavy atom. The molecule has 0 spiro atoms. The number of rotatable bonds is 3. The molecule has 0 radical (unpaired) electrons. The van der Waals surface area contributed by atoms with Crippen molar-refractivity contribution in [3.05, 3.63) is 51.9 Å². The number of halogens is 1. The normalized spacial score (nSPS) is 10.3. The molecule has 2 heterocycles. The third kappa shape index (κ3) is 3.27. The first-order chi connectivity index (χ1) is 8.15. The second kappa shape index (κ2) is 5.27. The first-order valence-corrected chi connectivity index (χ1v) is 6.24. The summed E-state index contributed by atoms with van der Waals surface area (Å²) in [6.07, 6.45) is 0. The van der Waals surface area contributed by atoms with Crippen LogP contribution in [0.3, 0.4) is 0 Å². The molecule has 88 valence electrons. The van der Waals surface area contributed by atoms with E-state index < -0.39 is 0 Å². The summed E-state index contributed by atoms with van der Waals surface area (Å²) in [7, 11) is 0. The Bertz CT molecular complexity index is 526. The standard InChI is InChI=1S/C13H14BrN3/c1-9-4-3-5-11(16-9)8-15-13-7-6-12(14)10(2)17-13/h3-7H,8H2,1-2H3,(H,15,17). The molecule has 0 fully saturated rings. The molecule has 2 aromatic heterocycles. The predicted octanol–water partition coefficient (Wildman–Crippen LogP) is 3.47. The molecule has 0 aromatic carbocycles. The van der Waals surface area contributed by atoms with Crippen LogP contribution in [0, 0.1) is 13.8 Å². The summed E-state index contributed by atoms with van der Waals surface area (Å²) in [6.45, 7) is 4.65. The van der Waals surface area contributed by atoms with Gasteiger partial charge in [0.2, 0.25) is 0 Å². The van der Waals surface area contributed by atoms with Crippen LogP contribution in [-0.2, 0) is 6.54 Å². The molecule has 2 aromatic rings. The Morgan fingerprint density at radius 1 is 1.12 bits per heavy atom. The summed E-state index contributed by atoms with van der Waals surface area (Å²) in [5.74, 6) is 0.869. The number of anilines is 1. The maximum absolute atomic E-state index is 4.43. The average molecular weight is 292 g/mol. The Hall–Kier alpha value is -1.42. The van der Waals surface area contributed by atoms with E-state index in [1.807, 2.05) is 44.2 Å². The number of nitrogens with one attached hydrogen (secondary N) is 1.